The Morgan fingerprint density at radius 3 is 2.70 bits per heavy atom. The van der Waals surface area contributed by atoms with E-state index in [4.69, 9.17) is 4.74 Å². The first kappa shape index (κ1) is 15.0. The summed E-state index contributed by atoms with van der Waals surface area (Å²) in [4.78, 5) is 25.0. The van der Waals surface area contributed by atoms with Gasteiger partial charge >= 0.3 is 5.97 Å². The number of benzene rings is 2. The Kier molecular flexibility index (Phi) is 3.74. The molecule has 1 atom stereocenters. The number of aryl methyl sites for hydroxylation is 1. The van der Waals surface area contributed by atoms with Crippen LogP contribution in [0.4, 0.5) is 0 Å². The van der Waals surface area contributed by atoms with Crippen LogP contribution >= 0.6 is 0 Å². The first-order valence-corrected chi connectivity index (χ1v) is 7.39. The van der Waals surface area contributed by atoms with Gasteiger partial charge in [-0.15, -0.1) is 6.58 Å². The molecule has 0 saturated heterocycles. The summed E-state index contributed by atoms with van der Waals surface area (Å²) >= 11 is 0. The highest BCUT2D eigenvalue weighted by molar-refractivity contribution is 5.98. The summed E-state index contributed by atoms with van der Waals surface area (Å²) in [7, 11) is 0. The van der Waals surface area contributed by atoms with Crippen molar-refractivity contribution in [3.63, 3.8) is 0 Å². The van der Waals surface area contributed by atoms with Crippen molar-refractivity contribution in [3.8, 4) is 5.75 Å². The molecule has 3 rings (SSSR count). The molecule has 23 heavy (non-hydrogen) atoms. The van der Waals surface area contributed by atoms with Gasteiger partial charge in [-0.05, 0) is 24.6 Å². The van der Waals surface area contributed by atoms with Crippen LogP contribution < -0.4 is 10.1 Å². The maximum atomic E-state index is 12.7. The summed E-state index contributed by atoms with van der Waals surface area (Å²) in [6, 6.07) is 14.7. The van der Waals surface area contributed by atoms with E-state index in [-0.39, 0.29) is 12.3 Å². The molecule has 0 bridgehead atoms. The molecule has 1 heterocycles. The predicted molar refractivity (Wildman–Crippen MR) is 87.0 cm³/mol. The van der Waals surface area contributed by atoms with Crippen LogP contribution in [0.25, 0.3) is 0 Å². The summed E-state index contributed by atoms with van der Waals surface area (Å²) < 4.78 is 5.43. The Bertz CT molecular complexity index is 782. The molecule has 0 spiro atoms. The lowest BCUT2D eigenvalue weighted by Crippen LogP contribution is -2.51. The number of rotatable bonds is 4. The number of nitrogens with one attached hydrogen (secondary N) is 1. The van der Waals surface area contributed by atoms with Crippen LogP contribution in [0.1, 0.15) is 23.1 Å². The van der Waals surface area contributed by atoms with Crippen LogP contribution in [0, 0.1) is 6.92 Å². The third-order valence-corrected chi connectivity index (χ3v) is 3.91. The second kappa shape index (κ2) is 5.72. The van der Waals surface area contributed by atoms with Gasteiger partial charge in [0, 0.05) is 12.0 Å². The number of carbonyl (C=O) groups excluding carboxylic acids is 2. The van der Waals surface area contributed by atoms with E-state index in [1.165, 1.54) is 6.08 Å². The summed E-state index contributed by atoms with van der Waals surface area (Å²) in [6.07, 6.45) is 1.63. The Balaban J connectivity index is 2.21. The van der Waals surface area contributed by atoms with Crippen LogP contribution in [-0.2, 0) is 15.1 Å². The molecule has 0 aromatic heterocycles. The smallest absolute Gasteiger partial charge is 0.346 e. The van der Waals surface area contributed by atoms with Gasteiger partial charge in [0.05, 0.1) is 0 Å². The van der Waals surface area contributed by atoms with Crippen molar-refractivity contribution in [2.75, 3.05) is 0 Å². The van der Waals surface area contributed by atoms with Crippen molar-refractivity contribution >= 4 is 11.9 Å². The average Bonchev–Trinajstić information content (AvgIpc) is 2.81. The molecule has 1 N–H and O–H groups in total. The Hall–Kier alpha value is -2.88. The van der Waals surface area contributed by atoms with E-state index in [2.05, 4.69) is 11.9 Å². The standard InChI is InChI=1S/C19H17NO3/c1-3-7-17(21)20-19(14-8-5-4-6-9-14)15-12-13(2)10-11-16(15)23-18(19)22/h3-6,8-12H,1,7H2,2H3,(H,20,21)/t19-/m0/s1. The molecule has 0 saturated carbocycles. The number of fused-ring (bicyclic) bond motifs is 1. The summed E-state index contributed by atoms with van der Waals surface area (Å²) in [5.41, 5.74) is 1.00. The van der Waals surface area contributed by atoms with Gasteiger partial charge in [-0.1, -0.05) is 48.0 Å². The van der Waals surface area contributed by atoms with Crippen LogP contribution in [0.5, 0.6) is 5.75 Å². The normalized spacial score (nSPS) is 18.9. The van der Waals surface area contributed by atoms with Gasteiger partial charge in [0.15, 0.2) is 5.54 Å². The zero-order chi connectivity index (χ0) is 16.4. The maximum absolute atomic E-state index is 12.7. The minimum absolute atomic E-state index is 0.128. The van der Waals surface area contributed by atoms with Gasteiger partial charge in [-0.25, -0.2) is 4.79 Å². The quantitative estimate of drug-likeness (QED) is 0.537. The maximum Gasteiger partial charge on any atom is 0.346 e. The van der Waals surface area contributed by atoms with Gasteiger partial charge in [0.2, 0.25) is 5.91 Å². The third kappa shape index (κ3) is 2.42. The largest absolute Gasteiger partial charge is 0.424 e. The van der Waals surface area contributed by atoms with Gasteiger partial charge in [0.25, 0.3) is 0 Å². The van der Waals surface area contributed by atoms with Gasteiger partial charge in [0.1, 0.15) is 5.75 Å². The highest BCUT2D eigenvalue weighted by Crippen LogP contribution is 2.43. The van der Waals surface area contributed by atoms with E-state index in [0.717, 1.165) is 5.56 Å². The van der Waals surface area contributed by atoms with Crippen molar-refractivity contribution in [1.29, 1.82) is 0 Å². The molecule has 4 nitrogen and oxygen atoms in total. The molecule has 2 aromatic rings. The fourth-order valence-corrected chi connectivity index (χ4v) is 2.86. The lowest BCUT2D eigenvalue weighted by Gasteiger charge is -2.28. The van der Waals surface area contributed by atoms with E-state index >= 15 is 0 Å². The second-order valence-electron chi connectivity index (χ2n) is 5.55. The zero-order valence-corrected chi connectivity index (χ0v) is 12.8. The highest BCUT2D eigenvalue weighted by atomic mass is 16.5. The van der Waals surface area contributed by atoms with Gasteiger partial charge in [-0.2, -0.15) is 0 Å². The molecule has 116 valence electrons. The molecular formula is C19H17NO3. The zero-order valence-electron chi connectivity index (χ0n) is 12.8. The Labute approximate surface area is 134 Å². The molecule has 4 heteroatoms. The van der Waals surface area contributed by atoms with Crippen molar-refractivity contribution in [1.82, 2.24) is 5.32 Å². The van der Waals surface area contributed by atoms with Crippen LogP contribution in [0.15, 0.2) is 61.2 Å². The lowest BCUT2D eigenvalue weighted by atomic mass is 9.83. The molecule has 0 fully saturated rings. The number of esters is 1. The summed E-state index contributed by atoms with van der Waals surface area (Å²) in [5, 5.41) is 2.86. The Morgan fingerprint density at radius 1 is 1.26 bits per heavy atom. The van der Waals surface area contributed by atoms with Crippen molar-refractivity contribution < 1.29 is 14.3 Å². The first-order chi connectivity index (χ1) is 11.1. The third-order valence-electron chi connectivity index (χ3n) is 3.91. The number of ether oxygens (including phenoxy) is 1. The molecule has 0 radical (unpaired) electrons. The molecule has 1 aliphatic heterocycles. The monoisotopic (exact) mass is 307 g/mol. The van der Waals surface area contributed by atoms with Gasteiger partial charge in [-0.3, -0.25) is 4.79 Å². The minimum atomic E-state index is -1.32. The molecule has 0 unspecified atom stereocenters. The number of amides is 1. The number of carbonyl (C=O) groups is 2. The lowest BCUT2D eigenvalue weighted by molar-refractivity contribution is -0.140. The van der Waals surface area contributed by atoms with E-state index in [9.17, 15) is 9.59 Å². The second-order valence-corrected chi connectivity index (χ2v) is 5.55. The van der Waals surface area contributed by atoms with Gasteiger partial charge < -0.3 is 10.1 Å². The number of hydrogen-bond donors (Lipinski definition) is 1. The minimum Gasteiger partial charge on any atom is -0.424 e. The number of hydrogen-bond acceptors (Lipinski definition) is 3. The Morgan fingerprint density at radius 2 is 2.00 bits per heavy atom. The van der Waals surface area contributed by atoms with E-state index in [1.807, 2.05) is 49.4 Å². The van der Waals surface area contributed by atoms with Crippen LogP contribution in [-0.4, -0.2) is 11.9 Å². The highest BCUT2D eigenvalue weighted by Gasteiger charge is 2.51. The predicted octanol–water partition coefficient (Wildman–Crippen LogP) is 2.85. The van der Waals surface area contributed by atoms with Crippen molar-refractivity contribution in [2.24, 2.45) is 0 Å². The molecule has 1 aliphatic rings. The SMILES string of the molecule is C=CCC(=O)N[C@]1(c2ccccc2)C(=O)Oc2ccc(C)cc21. The molecular weight excluding hydrogens is 290 g/mol. The molecule has 2 aromatic carbocycles. The van der Waals surface area contributed by atoms with E-state index in [0.29, 0.717) is 16.9 Å². The fourth-order valence-electron chi connectivity index (χ4n) is 2.86. The fraction of sp³-hybridized carbons (Fsp3) is 0.158. The van der Waals surface area contributed by atoms with Crippen LogP contribution in [0.2, 0.25) is 0 Å². The van der Waals surface area contributed by atoms with E-state index in [1.54, 1.807) is 6.07 Å². The molecule has 0 aliphatic carbocycles. The summed E-state index contributed by atoms with van der Waals surface area (Å²) in [5.74, 6) is -0.305. The first-order valence-electron chi connectivity index (χ1n) is 7.39. The topological polar surface area (TPSA) is 55.4 Å². The molecule has 1 amide bonds. The summed E-state index contributed by atoms with van der Waals surface area (Å²) in [6.45, 7) is 5.51. The van der Waals surface area contributed by atoms with Crippen molar-refractivity contribution in [2.45, 2.75) is 18.9 Å². The average molecular weight is 307 g/mol. The van der Waals surface area contributed by atoms with Crippen molar-refractivity contribution in [3.05, 3.63) is 77.9 Å². The van der Waals surface area contributed by atoms with Crippen LogP contribution in [0.3, 0.4) is 0 Å². The van der Waals surface area contributed by atoms with E-state index < -0.39 is 11.5 Å².